The lowest BCUT2D eigenvalue weighted by Gasteiger charge is -2.12. The van der Waals surface area contributed by atoms with Gasteiger partial charge in [0.05, 0.1) is 27.6 Å². The quantitative estimate of drug-likeness (QED) is 0.207. The molecule has 0 aliphatic heterocycles. The minimum Gasteiger partial charge on any atom is -0.455 e. The summed E-state index contributed by atoms with van der Waals surface area (Å²) in [5.74, 6) is 0.724. The molecule has 4 heteroatoms. The number of aromatic nitrogens is 3. The fourth-order valence-electron chi connectivity index (χ4n) is 7.17. The van der Waals surface area contributed by atoms with Crippen LogP contribution in [0.15, 0.2) is 156 Å². The van der Waals surface area contributed by atoms with Crippen molar-refractivity contribution in [2.75, 3.05) is 0 Å². The van der Waals surface area contributed by atoms with Gasteiger partial charge in [-0.1, -0.05) is 121 Å². The first-order chi connectivity index (χ1) is 22.8. The number of para-hydroxylation sites is 3. The average Bonchev–Trinajstić information content (AvgIpc) is 3.68. The average molecular weight is 588 g/mol. The van der Waals surface area contributed by atoms with Crippen molar-refractivity contribution in [2.24, 2.45) is 0 Å². The maximum atomic E-state index is 6.60. The molecule has 4 nitrogen and oxygen atoms in total. The monoisotopic (exact) mass is 587 g/mol. The number of rotatable bonds is 3. The van der Waals surface area contributed by atoms with Gasteiger partial charge in [-0.2, -0.15) is 0 Å². The largest absolute Gasteiger partial charge is 0.455 e. The van der Waals surface area contributed by atoms with Gasteiger partial charge in [0.25, 0.3) is 0 Å². The molecule has 3 aromatic heterocycles. The Balaban J connectivity index is 1.26. The molecule has 0 aliphatic rings. The highest BCUT2D eigenvalue weighted by Gasteiger charge is 2.22. The molecule has 0 N–H and O–H groups in total. The van der Waals surface area contributed by atoms with Gasteiger partial charge in [-0.3, -0.25) is 0 Å². The van der Waals surface area contributed by atoms with Gasteiger partial charge < -0.3 is 8.98 Å². The molecule has 0 unspecified atom stereocenters. The van der Waals surface area contributed by atoms with Crippen molar-refractivity contribution in [3.63, 3.8) is 0 Å². The van der Waals surface area contributed by atoms with E-state index < -0.39 is 0 Å². The Hall–Kier alpha value is -6.26. The highest BCUT2D eigenvalue weighted by Crippen LogP contribution is 2.45. The van der Waals surface area contributed by atoms with Gasteiger partial charge in [-0.05, 0) is 35.7 Å². The fraction of sp³-hybridized carbons (Fsp3) is 0. The smallest absolute Gasteiger partial charge is 0.160 e. The van der Waals surface area contributed by atoms with Gasteiger partial charge in [-0.25, -0.2) is 9.97 Å². The Morgan fingerprint density at radius 3 is 1.93 bits per heavy atom. The summed E-state index contributed by atoms with van der Waals surface area (Å²) in [5.41, 5.74) is 9.12. The van der Waals surface area contributed by atoms with Crippen molar-refractivity contribution < 1.29 is 4.42 Å². The van der Waals surface area contributed by atoms with Gasteiger partial charge in [0, 0.05) is 43.7 Å². The predicted octanol–water partition coefficient (Wildman–Crippen LogP) is 11.1. The van der Waals surface area contributed by atoms with Gasteiger partial charge in [-0.15, -0.1) is 0 Å². The maximum absolute atomic E-state index is 6.60. The second-order valence-electron chi connectivity index (χ2n) is 11.7. The molecular weight excluding hydrogens is 562 g/mol. The van der Waals surface area contributed by atoms with E-state index in [0.29, 0.717) is 0 Å². The summed E-state index contributed by atoms with van der Waals surface area (Å²) in [6.45, 7) is 0. The van der Waals surface area contributed by atoms with Crippen molar-refractivity contribution in [1.29, 1.82) is 0 Å². The van der Waals surface area contributed by atoms with E-state index in [1.807, 2.05) is 30.3 Å². The van der Waals surface area contributed by atoms with Crippen LogP contribution in [0.1, 0.15) is 0 Å². The Bertz CT molecular complexity index is 2790. The first-order valence-electron chi connectivity index (χ1n) is 15.5. The number of nitrogens with zero attached hydrogens (tertiary/aromatic N) is 3. The minimum atomic E-state index is 0.724. The molecular formula is C42H25N3O. The van der Waals surface area contributed by atoms with Crippen LogP contribution >= 0.6 is 0 Å². The molecule has 0 amide bonds. The van der Waals surface area contributed by atoms with Crippen molar-refractivity contribution in [2.45, 2.75) is 0 Å². The van der Waals surface area contributed by atoms with E-state index in [4.69, 9.17) is 14.4 Å². The highest BCUT2D eigenvalue weighted by atomic mass is 16.3. The molecule has 46 heavy (non-hydrogen) atoms. The molecule has 0 atom stereocenters. The van der Waals surface area contributed by atoms with E-state index >= 15 is 0 Å². The van der Waals surface area contributed by atoms with Crippen LogP contribution in [0.25, 0.3) is 93.8 Å². The van der Waals surface area contributed by atoms with Crippen LogP contribution in [-0.2, 0) is 0 Å². The summed E-state index contributed by atoms with van der Waals surface area (Å²) in [5, 5.41) is 8.07. The molecule has 0 saturated heterocycles. The summed E-state index contributed by atoms with van der Waals surface area (Å²) in [6.07, 6.45) is 0. The van der Waals surface area contributed by atoms with E-state index in [2.05, 4.69) is 126 Å². The summed E-state index contributed by atoms with van der Waals surface area (Å²) >= 11 is 0. The first-order valence-corrected chi connectivity index (χ1v) is 15.5. The van der Waals surface area contributed by atoms with Crippen molar-refractivity contribution in [1.82, 2.24) is 14.5 Å². The molecule has 10 rings (SSSR count). The second-order valence-corrected chi connectivity index (χ2v) is 11.7. The number of fused-ring (bicyclic) bond motifs is 11. The lowest BCUT2D eigenvalue weighted by atomic mass is 9.99. The number of hydrogen-bond acceptors (Lipinski definition) is 3. The third-order valence-electron chi connectivity index (χ3n) is 9.18. The normalized spacial score (nSPS) is 11.9. The molecule has 0 fully saturated rings. The summed E-state index contributed by atoms with van der Waals surface area (Å²) in [4.78, 5) is 10.0. The third-order valence-corrected chi connectivity index (χ3v) is 9.18. The van der Waals surface area contributed by atoms with E-state index in [1.165, 1.54) is 16.2 Å². The zero-order valence-corrected chi connectivity index (χ0v) is 24.7. The molecule has 0 saturated carbocycles. The summed E-state index contributed by atoms with van der Waals surface area (Å²) in [6, 6.07) is 52.9. The Morgan fingerprint density at radius 1 is 0.457 bits per heavy atom. The molecule has 214 valence electrons. The Morgan fingerprint density at radius 2 is 1.11 bits per heavy atom. The standard InChI is InChI=1S/C42H25N3O/c1-2-12-27(13-3-1)42-43-34-19-9-6-16-31(34)39(44-42)26-22-24-28(25-23-26)45-35-20-10-7-17-32(35)37-29-14-4-5-15-30(29)41-38(40(37)45)33-18-8-11-21-36(33)46-41/h1-25H. The van der Waals surface area contributed by atoms with Gasteiger partial charge in [0.1, 0.15) is 11.2 Å². The number of benzene rings is 7. The van der Waals surface area contributed by atoms with Crippen LogP contribution in [-0.4, -0.2) is 14.5 Å². The summed E-state index contributed by atoms with van der Waals surface area (Å²) < 4.78 is 9.00. The summed E-state index contributed by atoms with van der Waals surface area (Å²) in [7, 11) is 0. The van der Waals surface area contributed by atoms with E-state index in [9.17, 15) is 0 Å². The van der Waals surface area contributed by atoms with Gasteiger partial charge in [0.15, 0.2) is 5.82 Å². The van der Waals surface area contributed by atoms with Crippen LogP contribution in [0.3, 0.4) is 0 Å². The lowest BCUT2D eigenvalue weighted by Crippen LogP contribution is -1.97. The molecule has 7 aromatic carbocycles. The van der Waals surface area contributed by atoms with Crippen LogP contribution in [0.2, 0.25) is 0 Å². The molecule has 3 heterocycles. The predicted molar refractivity (Wildman–Crippen MR) is 190 cm³/mol. The molecule has 0 spiro atoms. The first kappa shape index (κ1) is 25.1. The minimum absolute atomic E-state index is 0.724. The van der Waals surface area contributed by atoms with Crippen LogP contribution in [0.5, 0.6) is 0 Å². The second kappa shape index (κ2) is 9.62. The van der Waals surface area contributed by atoms with E-state index in [1.54, 1.807) is 0 Å². The Labute approximate surface area is 263 Å². The van der Waals surface area contributed by atoms with Crippen molar-refractivity contribution in [3.8, 4) is 28.3 Å². The van der Waals surface area contributed by atoms with E-state index in [0.717, 1.165) is 77.6 Å². The van der Waals surface area contributed by atoms with E-state index in [-0.39, 0.29) is 0 Å². The van der Waals surface area contributed by atoms with Crippen LogP contribution in [0, 0.1) is 0 Å². The van der Waals surface area contributed by atoms with Gasteiger partial charge in [0.2, 0.25) is 0 Å². The van der Waals surface area contributed by atoms with Crippen molar-refractivity contribution >= 4 is 65.4 Å². The maximum Gasteiger partial charge on any atom is 0.160 e. The van der Waals surface area contributed by atoms with Crippen LogP contribution in [0.4, 0.5) is 0 Å². The molecule has 0 radical (unpaired) electrons. The number of furan rings is 1. The van der Waals surface area contributed by atoms with Crippen molar-refractivity contribution in [3.05, 3.63) is 152 Å². The zero-order chi connectivity index (χ0) is 30.2. The van der Waals surface area contributed by atoms with Crippen LogP contribution < -0.4 is 0 Å². The molecule has 10 aromatic rings. The number of hydrogen-bond donors (Lipinski definition) is 0. The highest BCUT2D eigenvalue weighted by molar-refractivity contribution is 6.35. The molecule has 0 bridgehead atoms. The Kier molecular flexibility index (Phi) is 5.25. The fourth-order valence-corrected chi connectivity index (χ4v) is 7.17. The molecule has 0 aliphatic carbocycles. The third kappa shape index (κ3) is 3.55. The van der Waals surface area contributed by atoms with Gasteiger partial charge >= 0.3 is 0 Å². The lowest BCUT2D eigenvalue weighted by molar-refractivity contribution is 0.673. The zero-order valence-electron chi connectivity index (χ0n) is 24.7. The SMILES string of the molecule is c1ccc(-c2nc(-c3ccc(-n4c5ccccc5c5c6ccccc6c6oc7ccccc7c6c54)cc3)c3ccccc3n2)cc1. The topological polar surface area (TPSA) is 43.9 Å².